The van der Waals surface area contributed by atoms with Crippen LogP contribution < -0.4 is 21.7 Å². The van der Waals surface area contributed by atoms with E-state index in [0.717, 1.165) is 55.6 Å². The number of hydrogen-bond acceptors (Lipinski definition) is 10. The third-order valence-electron chi connectivity index (χ3n) is 6.60. The summed E-state index contributed by atoms with van der Waals surface area (Å²) in [4.78, 5) is 44.7. The molecule has 0 bridgehead atoms. The van der Waals surface area contributed by atoms with Crippen LogP contribution >= 0.6 is 0 Å². The highest BCUT2D eigenvalue weighted by molar-refractivity contribution is 5.78. The highest BCUT2D eigenvalue weighted by atomic mass is 16.2. The smallest absolute Gasteiger partial charge is 0.234 e. The molecule has 0 aromatic carbocycles. The molecule has 0 saturated carbocycles. The van der Waals surface area contributed by atoms with Crippen LogP contribution in [0.1, 0.15) is 31.7 Å². The van der Waals surface area contributed by atoms with Gasteiger partial charge in [0.1, 0.15) is 24.3 Å². The number of nitrogens with two attached hydrogens (primary N) is 1. The fourth-order valence-corrected chi connectivity index (χ4v) is 4.46. The minimum Gasteiger partial charge on any atom is -0.369 e. The number of carbonyl (C=O) groups excluding carboxylic acids is 2. The molecule has 0 unspecified atom stereocenters. The molecule has 2 saturated heterocycles. The first-order valence-electron chi connectivity index (χ1n) is 12.3. The van der Waals surface area contributed by atoms with Crippen molar-refractivity contribution >= 4 is 23.5 Å². The van der Waals surface area contributed by atoms with Gasteiger partial charge in [0.15, 0.2) is 0 Å². The van der Waals surface area contributed by atoms with E-state index in [9.17, 15) is 9.59 Å². The lowest BCUT2D eigenvalue weighted by atomic mass is 9.85. The van der Waals surface area contributed by atoms with E-state index in [1.54, 1.807) is 12.7 Å². The highest BCUT2D eigenvalue weighted by Crippen LogP contribution is 2.26. The van der Waals surface area contributed by atoms with Gasteiger partial charge < -0.3 is 21.7 Å². The van der Waals surface area contributed by atoms with Gasteiger partial charge in [0.2, 0.25) is 11.8 Å². The van der Waals surface area contributed by atoms with E-state index in [1.165, 1.54) is 0 Å². The number of hydrogen-bond donors (Lipinski definition) is 4. The molecule has 12 nitrogen and oxygen atoms in total. The summed E-state index contributed by atoms with van der Waals surface area (Å²) >= 11 is 0. The van der Waals surface area contributed by atoms with Gasteiger partial charge in [-0.05, 0) is 13.3 Å². The van der Waals surface area contributed by atoms with E-state index in [-0.39, 0.29) is 35.9 Å². The van der Waals surface area contributed by atoms with Gasteiger partial charge in [0.05, 0.1) is 30.9 Å². The maximum absolute atomic E-state index is 12.4. The Labute approximate surface area is 211 Å². The van der Waals surface area contributed by atoms with Crippen molar-refractivity contribution in [2.24, 2.45) is 5.73 Å². The average molecular weight is 497 g/mol. The number of anilines is 2. The summed E-state index contributed by atoms with van der Waals surface area (Å²) < 4.78 is 0. The molecular formula is C24H36N10O2. The SMILES string of the molecule is Cc1cc(NC2CN(CC(=O)NCCC(C)(C)c3cc(NC4CN(CC(N)=O)C4)ncn3)C2)ncn1. The van der Waals surface area contributed by atoms with Crippen LogP contribution in [0, 0.1) is 6.92 Å². The van der Waals surface area contributed by atoms with Crippen LogP contribution in [0.3, 0.4) is 0 Å². The van der Waals surface area contributed by atoms with Gasteiger partial charge in [-0.2, -0.15) is 0 Å². The average Bonchev–Trinajstić information content (AvgIpc) is 2.76. The third-order valence-corrected chi connectivity index (χ3v) is 6.60. The number of nitrogens with zero attached hydrogens (tertiary/aromatic N) is 6. The first-order valence-corrected chi connectivity index (χ1v) is 12.3. The molecule has 4 heterocycles. The van der Waals surface area contributed by atoms with Gasteiger partial charge in [-0.25, -0.2) is 19.9 Å². The molecule has 2 aliphatic rings. The van der Waals surface area contributed by atoms with Crippen LogP contribution in [0.4, 0.5) is 11.6 Å². The lowest BCUT2D eigenvalue weighted by Crippen LogP contribution is -2.57. The maximum Gasteiger partial charge on any atom is 0.234 e. The molecular weight excluding hydrogens is 460 g/mol. The first-order chi connectivity index (χ1) is 17.2. The Bertz CT molecular complexity index is 1070. The zero-order valence-electron chi connectivity index (χ0n) is 21.2. The predicted octanol–water partition coefficient (Wildman–Crippen LogP) is -0.263. The minimum atomic E-state index is -0.314. The first kappa shape index (κ1) is 25.7. The Morgan fingerprint density at radius 1 is 0.944 bits per heavy atom. The molecule has 2 aromatic heterocycles. The van der Waals surface area contributed by atoms with E-state index in [4.69, 9.17) is 5.73 Å². The number of rotatable bonds is 12. The Hall–Kier alpha value is -3.38. The second kappa shape index (κ2) is 11.1. The summed E-state index contributed by atoms with van der Waals surface area (Å²) in [6, 6.07) is 4.40. The van der Waals surface area contributed by atoms with Crippen LogP contribution in [0.25, 0.3) is 0 Å². The number of aryl methyl sites for hydroxylation is 1. The Morgan fingerprint density at radius 2 is 1.53 bits per heavy atom. The van der Waals surface area contributed by atoms with Crippen LogP contribution in [-0.4, -0.2) is 99.4 Å². The summed E-state index contributed by atoms with van der Waals surface area (Å²) in [6.07, 6.45) is 3.87. The molecule has 2 aromatic rings. The molecule has 0 atom stereocenters. The van der Waals surface area contributed by atoms with Crippen molar-refractivity contribution in [1.29, 1.82) is 0 Å². The van der Waals surface area contributed by atoms with Gasteiger partial charge >= 0.3 is 0 Å². The Morgan fingerprint density at radius 3 is 2.14 bits per heavy atom. The predicted molar refractivity (Wildman–Crippen MR) is 136 cm³/mol. The Balaban J connectivity index is 1.15. The zero-order chi connectivity index (χ0) is 25.7. The van der Waals surface area contributed by atoms with Gasteiger partial charge in [-0.15, -0.1) is 0 Å². The number of primary amides is 1. The van der Waals surface area contributed by atoms with Crippen LogP contribution in [-0.2, 0) is 15.0 Å². The monoisotopic (exact) mass is 496 g/mol. The molecule has 0 spiro atoms. The fourth-order valence-electron chi connectivity index (χ4n) is 4.46. The summed E-state index contributed by atoms with van der Waals surface area (Å²) in [5.41, 5.74) is 6.85. The third kappa shape index (κ3) is 7.08. The summed E-state index contributed by atoms with van der Waals surface area (Å²) in [5.74, 6) is 1.29. The normalized spacial score (nSPS) is 17.2. The van der Waals surface area contributed by atoms with Crippen molar-refractivity contribution < 1.29 is 9.59 Å². The molecule has 36 heavy (non-hydrogen) atoms. The largest absolute Gasteiger partial charge is 0.369 e. The zero-order valence-corrected chi connectivity index (χ0v) is 21.2. The van der Waals surface area contributed by atoms with E-state index < -0.39 is 0 Å². The molecule has 5 N–H and O–H groups in total. The summed E-state index contributed by atoms with van der Waals surface area (Å²) in [5, 5.41) is 9.81. The number of nitrogens with one attached hydrogen (secondary N) is 3. The number of amides is 2. The molecule has 2 fully saturated rings. The molecule has 0 aliphatic carbocycles. The number of aromatic nitrogens is 4. The molecule has 2 amide bonds. The summed E-state index contributed by atoms with van der Waals surface area (Å²) in [7, 11) is 0. The molecule has 4 rings (SSSR count). The van der Waals surface area contributed by atoms with Gasteiger partial charge in [0, 0.05) is 56.0 Å². The van der Waals surface area contributed by atoms with Gasteiger partial charge in [-0.1, -0.05) is 13.8 Å². The lowest BCUT2D eigenvalue weighted by molar-refractivity contribution is -0.123. The van der Waals surface area contributed by atoms with E-state index in [0.29, 0.717) is 13.1 Å². The Kier molecular flexibility index (Phi) is 7.94. The van der Waals surface area contributed by atoms with E-state index in [2.05, 4.69) is 54.6 Å². The van der Waals surface area contributed by atoms with E-state index in [1.807, 2.05) is 24.0 Å². The van der Waals surface area contributed by atoms with Crippen LogP contribution in [0.5, 0.6) is 0 Å². The second-order valence-electron chi connectivity index (χ2n) is 10.4. The fraction of sp³-hybridized carbons (Fsp3) is 0.583. The number of carbonyl (C=O) groups is 2. The maximum atomic E-state index is 12.4. The molecule has 12 heteroatoms. The minimum absolute atomic E-state index is 0.0256. The van der Waals surface area contributed by atoms with Gasteiger partial charge in [0.25, 0.3) is 0 Å². The second-order valence-corrected chi connectivity index (χ2v) is 10.4. The lowest BCUT2D eigenvalue weighted by Gasteiger charge is -2.39. The van der Waals surface area contributed by atoms with Crippen molar-refractivity contribution in [2.45, 2.75) is 44.7 Å². The quantitative estimate of drug-likeness (QED) is 0.309. The number of likely N-dealkylation sites (tertiary alicyclic amines) is 2. The van der Waals surface area contributed by atoms with Crippen LogP contribution in [0.2, 0.25) is 0 Å². The van der Waals surface area contributed by atoms with Crippen molar-refractivity contribution in [2.75, 3.05) is 56.4 Å². The molecule has 0 radical (unpaired) electrons. The van der Waals surface area contributed by atoms with Crippen molar-refractivity contribution in [3.63, 3.8) is 0 Å². The van der Waals surface area contributed by atoms with Crippen molar-refractivity contribution in [3.05, 3.63) is 36.2 Å². The highest BCUT2D eigenvalue weighted by Gasteiger charge is 2.30. The summed E-state index contributed by atoms with van der Waals surface area (Å²) in [6.45, 7) is 10.5. The van der Waals surface area contributed by atoms with Gasteiger partial charge in [-0.3, -0.25) is 19.4 Å². The molecule has 2 aliphatic heterocycles. The van der Waals surface area contributed by atoms with Crippen LogP contribution in [0.15, 0.2) is 24.8 Å². The molecule has 194 valence electrons. The van der Waals surface area contributed by atoms with Crippen molar-refractivity contribution in [1.82, 2.24) is 35.1 Å². The standard InChI is InChI=1S/C24H36N10O2/c1-16-6-21(29-14-27-16)31-18-10-34(11-18)13-23(36)26-5-4-24(2,3)19-7-22(30-15-28-19)32-17-8-33(9-17)12-20(25)35/h6-7,14-15,17-18H,4-5,8-13H2,1-3H3,(H2,25,35)(H,26,36)(H,27,29,31)(H,28,30,32). The van der Waals surface area contributed by atoms with Crippen molar-refractivity contribution in [3.8, 4) is 0 Å². The topological polar surface area (TPSA) is 154 Å². The van der Waals surface area contributed by atoms with E-state index >= 15 is 0 Å².